The first-order valence-electron chi connectivity index (χ1n) is 18.7. The SMILES string of the molecule is CCCC(C)CCCCCCCCCC(CC(=O)NCC(=O)NC(CO)C(=O)O)OCCCCCCCCCCCCC(C)C. The quantitative estimate of drug-likeness (QED) is 0.0535. The van der Waals surface area contributed by atoms with E-state index >= 15 is 0 Å². The van der Waals surface area contributed by atoms with E-state index in [1.807, 2.05) is 0 Å². The van der Waals surface area contributed by atoms with E-state index in [4.69, 9.17) is 14.9 Å². The molecular weight excluding hydrogens is 568 g/mol. The molecule has 0 aromatic carbocycles. The average molecular weight is 641 g/mol. The zero-order valence-corrected chi connectivity index (χ0v) is 29.7. The molecule has 266 valence electrons. The molecule has 0 bridgehead atoms. The molecule has 45 heavy (non-hydrogen) atoms. The minimum absolute atomic E-state index is 0.183. The number of carbonyl (C=O) groups is 3. The number of ether oxygens (including phenoxy) is 1. The highest BCUT2D eigenvalue weighted by molar-refractivity contribution is 5.88. The van der Waals surface area contributed by atoms with E-state index in [1.54, 1.807) is 0 Å². The standard InChI is InChI=1S/C37H72N2O6/c1-5-23-32(4)25-20-16-12-10-13-17-21-26-33(28-35(41)38-29-36(42)39-34(30-40)37(43)44)45-27-22-18-14-9-7-6-8-11-15-19-24-31(2)3/h31-34,40H,5-30H2,1-4H3,(H,38,41)(H,39,42)(H,43,44). The van der Waals surface area contributed by atoms with Gasteiger partial charge in [-0.25, -0.2) is 4.79 Å². The molecule has 0 rings (SSSR count). The predicted octanol–water partition coefficient (Wildman–Crippen LogP) is 8.33. The third-order valence-corrected chi connectivity index (χ3v) is 8.71. The lowest BCUT2D eigenvalue weighted by Crippen LogP contribution is -2.47. The Balaban J connectivity index is 4.29. The van der Waals surface area contributed by atoms with Crippen molar-refractivity contribution in [2.45, 2.75) is 188 Å². The van der Waals surface area contributed by atoms with Crippen LogP contribution >= 0.6 is 0 Å². The maximum absolute atomic E-state index is 12.6. The molecule has 0 aliphatic heterocycles. The van der Waals surface area contributed by atoms with Gasteiger partial charge in [-0.05, 0) is 24.7 Å². The Morgan fingerprint density at radius 1 is 0.644 bits per heavy atom. The molecule has 3 unspecified atom stereocenters. The fourth-order valence-corrected chi connectivity index (χ4v) is 5.84. The number of nitrogens with one attached hydrogen (secondary N) is 2. The van der Waals surface area contributed by atoms with Gasteiger partial charge in [0.15, 0.2) is 0 Å². The highest BCUT2D eigenvalue weighted by Crippen LogP contribution is 2.18. The van der Waals surface area contributed by atoms with E-state index < -0.39 is 24.5 Å². The lowest BCUT2D eigenvalue weighted by atomic mass is 9.98. The number of rotatable bonds is 33. The van der Waals surface area contributed by atoms with Gasteiger partial charge in [0.1, 0.15) is 6.04 Å². The fraction of sp³-hybridized carbons (Fsp3) is 0.919. The maximum atomic E-state index is 12.6. The Morgan fingerprint density at radius 2 is 1.13 bits per heavy atom. The predicted molar refractivity (Wildman–Crippen MR) is 185 cm³/mol. The van der Waals surface area contributed by atoms with Crippen LogP contribution < -0.4 is 10.6 Å². The number of aliphatic hydroxyl groups is 1. The molecule has 3 atom stereocenters. The second kappa shape index (κ2) is 31.0. The third kappa shape index (κ3) is 29.5. The minimum Gasteiger partial charge on any atom is -0.480 e. The lowest BCUT2D eigenvalue weighted by molar-refractivity contribution is -0.142. The van der Waals surface area contributed by atoms with Crippen LogP contribution in [0.15, 0.2) is 0 Å². The first kappa shape index (κ1) is 43.3. The van der Waals surface area contributed by atoms with Gasteiger partial charge in [-0.1, -0.05) is 156 Å². The Kier molecular flexibility index (Phi) is 29.8. The molecule has 0 aromatic heterocycles. The van der Waals surface area contributed by atoms with Crippen molar-refractivity contribution in [3.05, 3.63) is 0 Å². The molecule has 0 saturated heterocycles. The van der Waals surface area contributed by atoms with Crippen LogP contribution in [0.4, 0.5) is 0 Å². The highest BCUT2D eigenvalue weighted by Gasteiger charge is 2.20. The van der Waals surface area contributed by atoms with Crippen molar-refractivity contribution in [2.24, 2.45) is 11.8 Å². The largest absolute Gasteiger partial charge is 0.480 e. The van der Waals surface area contributed by atoms with Crippen LogP contribution in [0.2, 0.25) is 0 Å². The van der Waals surface area contributed by atoms with Crippen molar-refractivity contribution in [1.29, 1.82) is 0 Å². The van der Waals surface area contributed by atoms with E-state index in [1.165, 1.54) is 109 Å². The van der Waals surface area contributed by atoms with Crippen molar-refractivity contribution in [2.75, 3.05) is 19.8 Å². The van der Waals surface area contributed by atoms with E-state index in [2.05, 4.69) is 38.3 Å². The van der Waals surface area contributed by atoms with Crippen molar-refractivity contribution >= 4 is 17.8 Å². The number of carbonyl (C=O) groups excluding carboxylic acids is 2. The molecule has 4 N–H and O–H groups in total. The number of aliphatic carboxylic acids is 1. The highest BCUT2D eigenvalue weighted by atomic mass is 16.5. The minimum atomic E-state index is -1.38. The molecule has 8 heteroatoms. The number of unbranched alkanes of at least 4 members (excludes halogenated alkanes) is 15. The summed E-state index contributed by atoms with van der Waals surface area (Å²) in [6, 6.07) is -1.38. The summed E-state index contributed by atoms with van der Waals surface area (Å²) in [6.07, 6.45) is 27.4. The van der Waals surface area contributed by atoms with Gasteiger partial charge in [0.25, 0.3) is 0 Å². The van der Waals surface area contributed by atoms with Crippen molar-refractivity contribution in [3.63, 3.8) is 0 Å². The van der Waals surface area contributed by atoms with Gasteiger partial charge < -0.3 is 25.6 Å². The molecule has 0 radical (unpaired) electrons. The van der Waals surface area contributed by atoms with Crippen molar-refractivity contribution in [1.82, 2.24) is 10.6 Å². The van der Waals surface area contributed by atoms with Gasteiger partial charge in [0, 0.05) is 6.61 Å². The van der Waals surface area contributed by atoms with Gasteiger partial charge in [-0.2, -0.15) is 0 Å². The molecule has 0 saturated carbocycles. The first-order valence-corrected chi connectivity index (χ1v) is 18.7. The van der Waals surface area contributed by atoms with Crippen molar-refractivity contribution < 1.29 is 29.3 Å². The van der Waals surface area contributed by atoms with Gasteiger partial charge in [-0.15, -0.1) is 0 Å². The van der Waals surface area contributed by atoms with Crippen LogP contribution in [0.25, 0.3) is 0 Å². The van der Waals surface area contributed by atoms with Crippen LogP contribution in [0.3, 0.4) is 0 Å². The molecule has 0 aliphatic carbocycles. The molecule has 2 amide bonds. The molecule has 0 heterocycles. The van der Waals surface area contributed by atoms with Crippen LogP contribution in [-0.4, -0.2) is 59.9 Å². The second-order valence-electron chi connectivity index (χ2n) is 13.8. The summed E-state index contributed by atoms with van der Waals surface area (Å²) in [4.78, 5) is 35.6. The molecule has 0 spiro atoms. The summed E-state index contributed by atoms with van der Waals surface area (Å²) in [5.41, 5.74) is 0. The monoisotopic (exact) mass is 641 g/mol. The van der Waals surface area contributed by atoms with Gasteiger partial charge in [0.2, 0.25) is 11.8 Å². The zero-order valence-electron chi connectivity index (χ0n) is 29.7. The summed E-state index contributed by atoms with van der Waals surface area (Å²) >= 11 is 0. The van der Waals surface area contributed by atoms with Crippen LogP contribution in [0, 0.1) is 11.8 Å². The normalized spacial score (nSPS) is 13.5. The number of hydrogen-bond donors (Lipinski definition) is 4. The maximum Gasteiger partial charge on any atom is 0.328 e. The molecule has 8 nitrogen and oxygen atoms in total. The number of amides is 2. The number of aliphatic hydroxyl groups excluding tert-OH is 1. The Hall–Kier alpha value is -1.67. The van der Waals surface area contributed by atoms with E-state index in [-0.39, 0.29) is 25.0 Å². The number of carboxylic acid groups (broad SMARTS) is 1. The summed E-state index contributed by atoms with van der Waals surface area (Å²) in [7, 11) is 0. The van der Waals surface area contributed by atoms with Crippen LogP contribution in [0.1, 0.15) is 175 Å². The van der Waals surface area contributed by atoms with Crippen LogP contribution in [-0.2, 0) is 19.1 Å². The second-order valence-corrected chi connectivity index (χ2v) is 13.8. The Bertz CT molecular complexity index is 717. The van der Waals surface area contributed by atoms with E-state index in [9.17, 15) is 14.4 Å². The van der Waals surface area contributed by atoms with Gasteiger partial charge >= 0.3 is 5.97 Å². The fourth-order valence-electron chi connectivity index (χ4n) is 5.84. The van der Waals surface area contributed by atoms with Gasteiger partial charge in [0.05, 0.1) is 25.7 Å². The molecule has 0 fully saturated rings. The summed E-state index contributed by atoms with van der Waals surface area (Å²) in [5, 5.41) is 22.8. The van der Waals surface area contributed by atoms with Gasteiger partial charge in [-0.3, -0.25) is 9.59 Å². The lowest BCUT2D eigenvalue weighted by Gasteiger charge is -2.18. The smallest absolute Gasteiger partial charge is 0.328 e. The Morgan fingerprint density at radius 3 is 1.62 bits per heavy atom. The first-order chi connectivity index (χ1) is 21.7. The topological polar surface area (TPSA) is 125 Å². The number of hydrogen-bond acceptors (Lipinski definition) is 5. The van der Waals surface area contributed by atoms with E-state index in [0.29, 0.717) is 6.61 Å². The molecular formula is C37H72N2O6. The Labute approximate surface area is 276 Å². The molecule has 0 aromatic rings. The van der Waals surface area contributed by atoms with E-state index in [0.717, 1.165) is 43.9 Å². The summed E-state index contributed by atoms with van der Waals surface area (Å²) in [5.74, 6) is -0.582. The zero-order chi connectivity index (χ0) is 33.5. The third-order valence-electron chi connectivity index (χ3n) is 8.71. The average Bonchev–Trinajstić information content (AvgIpc) is 2.99. The van der Waals surface area contributed by atoms with Crippen molar-refractivity contribution in [3.8, 4) is 0 Å². The number of carboxylic acids is 1. The van der Waals surface area contributed by atoms with Crippen LogP contribution in [0.5, 0.6) is 0 Å². The summed E-state index contributed by atoms with van der Waals surface area (Å²) in [6.45, 7) is 8.82. The summed E-state index contributed by atoms with van der Waals surface area (Å²) < 4.78 is 6.16. The molecule has 0 aliphatic rings.